The van der Waals surface area contributed by atoms with Gasteiger partial charge in [-0.3, -0.25) is 14.5 Å². The minimum Gasteiger partial charge on any atom is -0.383 e. The minimum absolute atomic E-state index is 0.00681. The van der Waals surface area contributed by atoms with E-state index in [1.165, 1.54) is 6.07 Å². The third-order valence-electron chi connectivity index (χ3n) is 7.21. The van der Waals surface area contributed by atoms with Gasteiger partial charge in [-0.1, -0.05) is 17.9 Å². The van der Waals surface area contributed by atoms with E-state index in [2.05, 4.69) is 44.9 Å². The molecule has 9 heteroatoms. The summed E-state index contributed by atoms with van der Waals surface area (Å²) in [6, 6.07) is 6.73. The Morgan fingerprint density at radius 2 is 2.03 bits per heavy atom. The van der Waals surface area contributed by atoms with E-state index < -0.39 is 5.82 Å². The second kappa shape index (κ2) is 9.54. The minimum atomic E-state index is -0.622. The number of carbonyl (C=O) groups excluding carboxylic acids is 1. The number of nitrogens with zero attached hydrogens (tertiary/aromatic N) is 6. The molecule has 1 saturated carbocycles. The van der Waals surface area contributed by atoms with E-state index in [9.17, 15) is 4.79 Å². The normalized spacial score (nSPS) is 15.8. The van der Waals surface area contributed by atoms with Crippen LogP contribution in [-0.4, -0.2) is 61.6 Å². The molecule has 192 valence electrons. The maximum atomic E-state index is 15.2. The third kappa shape index (κ3) is 4.59. The van der Waals surface area contributed by atoms with Gasteiger partial charge in [0.1, 0.15) is 11.6 Å². The monoisotopic (exact) mass is 509 g/mol. The topological polar surface area (TPSA) is 93.2 Å². The van der Waals surface area contributed by atoms with Crippen LogP contribution in [0.1, 0.15) is 40.9 Å². The van der Waals surface area contributed by atoms with Gasteiger partial charge in [0.2, 0.25) is 0 Å². The molecule has 4 heterocycles. The number of halogens is 1. The van der Waals surface area contributed by atoms with Gasteiger partial charge in [-0.2, -0.15) is 5.10 Å². The Balaban J connectivity index is 1.26. The van der Waals surface area contributed by atoms with Gasteiger partial charge in [0.25, 0.3) is 5.91 Å². The van der Waals surface area contributed by atoms with Gasteiger partial charge < -0.3 is 15.5 Å². The fraction of sp³-hybridized carbons (Fsp3) is 0.310. The molecule has 0 saturated heterocycles. The van der Waals surface area contributed by atoms with E-state index in [4.69, 9.17) is 5.73 Å². The summed E-state index contributed by atoms with van der Waals surface area (Å²) >= 11 is 0. The highest BCUT2D eigenvalue weighted by Gasteiger charge is 2.34. The van der Waals surface area contributed by atoms with Crippen molar-refractivity contribution < 1.29 is 9.18 Å². The average Bonchev–Trinajstić information content (AvgIpc) is 3.68. The summed E-state index contributed by atoms with van der Waals surface area (Å²) in [4.78, 5) is 26.5. The van der Waals surface area contributed by atoms with Crippen molar-refractivity contribution in [1.29, 1.82) is 0 Å². The molecule has 2 aliphatic rings. The number of aromatic nitrogens is 4. The number of anilines is 1. The highest BCUT2D eigenvalue weighted by Crippen LogP contribution is 2.33. The van der Waals surface area contributed by atoms with E-state index in [1.807, 2.05) is 12.1 Å². The molecular weight excluding hydrogens is 481 g/mol. The van der Waals surface area contributed by atoms with Crippen LogP contribution in [0.15, 0.2) is 48.3 Å². The van der Waals surface area contributed by atoms with Crippen molar-refractivity contribution in [2.45, 2.75) is 31.8 Å². The maximum absolute atomic E-state index is 15.2. The lowest BCUT2D eigenvalue weighted by Crippen LogP contribution is -2.33. The molecule has 0 atom stereocenters. The van der Waals surface area contributed by atoms with Gasteiger partial charge in [0.15, 0.2) is 0 Å². The number of fused-ring (bicyclic) bond motifs is 3. The molecule has 0 radical (unpaired) electrons. The van der Waals surface area contributed by atoms with Crippen LogP contribution in [0.2, 0.25) is 0 Å². The summed E-state index contributed by atoms with van der Waals surface area (Å²) in [6.07, 6.45) is 8.25. The summed E-state index contributed by atoms with van der Waals surface area (Å²) < 4.78 is 16.9. The third-order valence-corrected chi connectivity index (χ3v) is 7.21. The Bertz CT molecular complexity index is 1660. The molecule has 2 N–H and O–H groups in total. The summed E-state index contributed by atoms with van der Waals surface area (Å²) in [5.41, 5.74) is 9.88. The molecule has 0 unspecified atom stereocenters. The first-order chi connectivity index (χ1) is 18.4. The maximum Gasteiger partial charge on any atom is 0.257 e. The molecule has 0 spiro atoms. The number of benzene rings is 1. The molecular formula is C29H28FN7O. The van der Waals surface area contributed by atoms with Gasteiger partial charge >= 0.3 is 0 Å². The van der Waals surface area contributed by atoms with E-state index in [-0.39, 0.29) is 23.3 Å². The molecule has 1 aromatic carbocycles. The SMILES string of the molecule is CN1CC=C(C#Cc2ccc(CN(C(=O)c3cc4c(cc3F)nc(N)c3cnn(C)c34)C3CC3)nc2)CC1. The first-order valence-corrected chi connectivity index (χ1v) is 12.7. The molecule has 0 bridgehead atoms. The zero-order valence-corrected chi connectivity index (χ0v) is 21.4. The van der Waals surface area contributed by atoms with Crippen molar-refractivity contribution >= 4 is 33.5 Å². The molecule has 6 rings (SSSR count). The second-order valence-corrected chi connectivity index (χ2v) is 10.1. The first kappa shape index (κ1) is 24.1. The zero-order chi connectivity index (χ0) is 26.4. The Morgan fingerprint density at radius 3 is 2.74 bits per heavy atom. The van der Waals surface area contributed by atoms with Crippen LogP contribution in [-0.2, 0) is 13.6 Å². The van der Waals surface area contributed by atoms with Gasteiger partial charge in [0.05, 0.1) is 40.4 Å². The van der Waals surface area contributed by atoms with Crippen molar-refractivity contribution in [1.82, 2.24) is 29.5 Å². The smallest absolute Gasteiger partial charge is 0.257 e. The number of hydrogen-bond acceptors (Lipinski definition) is 6. The lowest BCUT2D eigenvalue weighted by Gasteiger charge is -2.23. The number of nitrogen functional groups attached to an aromatic ring is 1. The molecule has 1 aliphatic heterocycles. The van der Waals surface area contributed by atoms with Crippen LogP contribution in [0.3, 0.4) is 0 Å². The quantitative estimate of drug-likeness (QED) is 0.422. The van der Waals surface area contributed by atoms with E-state index in [1.54, 1.807) is 35.1 Å². The van der Waals surface area contributed by atoms with Crippen molar-refractivity contribution in [3.63, 3.8) is 0 Å². The number of amides is 1. The highest BCUT2D eigenvalue weighted by molar-refractivity contribution is 6.10. The van der Waals surface area contributed by atoms with Crippen molar-refractivity contribution in [2.75, 3.05) is 25.9 Å². The predicted molar refractivity (Wildman–Crippen MR) is 145 cm³/mol. The Hall–Kier alpha value is -4.29. The zero-order valence-electron chi connectivity index (χ0n) is 21.4. The number of carbonyl (C=O) groups is 1. The van der Waals surface area contributed by atoms with E-state index in [0.717, 1.165) is 49.2 Å². The fourth-order valence-electron chi connectivity index (χ4n) is 4.85. The number of nitrogens with two attached hydrogens (primary N) is 1. The van der Waals surface area contributed by atoms with Gasteiger partial charge in [-0.25, -0.2) is 9.37 Å². The Kier molecular flexibility index (Phi) is 6.04. The lowest BCUT2D eigenvalue weighted by molar-refractivity contribution is 0.0723. The number of aryl methyl sites for hydroxylation is 1. The summed E-state index contributed by atoms with van der Waals surface area (Å²) in [5, 5.41) is 5.57. The molecule has 38 heavy (non-hydrogen) atoms. The Labute approximate surface area is 219 Å². The van der Waals surface area contributed by atoms with Crippen LogP contribution in [0.4, 0.5) is 10.2 Å². The lowest BCUT2D eigenvalue weighted by atomic mass is 10.1. The number of hydrogen-bond donors (Lipinski definition) is 1. The van der Waals surface area contributed by atoms with Gasteiger partial charge in [-0.05, 0) is 44.5 Å². The molecule has 1 aliphatic carbocycles. The van der Waals surface area contributed by atoms with Crippen LogP contribution in [0, 0.1) is 17.7 Å². The summed E-state index contributed by atoms with van der Waals surface area (Å²) in [6.45, 7) is 2.23. The van der Waals surface area contributed by atoms with Crippen LogP contribution < -0.4 is 5.73 Å². The van der Waals surface area contributed by atoms with E-state index >= 15 is 4.39 Å². The molecule has 8 nitrogen and oxygen atoms in total. The standard InChI is InChI=1S/C29H28FN7O/c1-35-11-9-18(10-12-35)3-4-19-5-6-20(32-15-19)17-37(21-7-8-21)29(38)22-13-23-26(14-25(22)30)34-28(31)24-16-33-36(2)27(23)24/h5-6,9,13-16,21H,7-8,10-12,17H2,1-2H3,(H2,31,34). The van der Waals surface area contributed by atoms with Crippen LogP contribution in [0.25, 0.3) is 21.8 Å². The second-order valence-electron chi connectivity index (χ2n) is 10.1. The average molecular weight is 510 g/mol. The van der Waals surface area contributed by atoms with Crippen molar-refractivity contribution in [3.8, 4) is 11.8 Å². The first-order valence-electron chi connectivity index (χ1n) is 12.7. The molecule has 3 aromatic heterocycles. The molecule has 1 amide bonds. The number of rotatable bonds is 4. The molecule has 1 fully saturated rings. The Morgan fingerprint density at radius 1 is 1.18 bits per heavy atom. The van der Waals surface area contributed by atoms with Crippen molar-refractivity contribution in [2.24, 2.45) is 7.05 Å². The van der Waals surface area contributed by atoms with Crippen LogP contribution >= 0.6 is 0 Å². The van der Waals surface area contributed by atoms with E-state index in [0.29, 0.717) is 28.4 Å². The summed E-state index contributed by atoms with van der Waals surface area (Å²) in [5.74, 6) is 5.73. The fourth-order valence-corrected chi connectivity index (χ4v) is 4.85. The summed E-state index contributed by atoms with van der Waals surface area (Å²) in [7, 11) is 3.88. The highest BCUT2D eigenvalue weighted by atomic mass is 19.1. The largest absolute Gasteiger partial charge is 0.383 e. The van der Waals surface area contributed by atoms with Gasteiger partial charge in [-0.15, -0.1) is 0 Å². The van der Waals surface area contributed by atoms with Crippen LogP contribution in [0.5, 0.6) is 0 Å². The number of pyridine rings is 2. The number of likely N-dealkylation sites (N-methyl/N-ethyl adjacent to an activating group) is 1. The van der Waals surface area contributed by atoms with Crippen molar-refractivity contribution in [3.05, 3.63) is 70.9 Å². The predicted octanol–water partition coefficient (Wildman–Crippen LogP) is 3.66. The molecule has 4 aromatic rings. The van der Waals surface area contributed by atoms with Gasteiger partial charge in [0, 0.05) is 55.0 Å².